The Morgan fingerprint density at radius 1 is 1.02 bits per heavy atom. The largest absolute Gasteiger partial charge is 0.459 e. The molecule has 2 saturated heterocycles. The van der Waals surface area contributed by atoms with Crippen LogP contribution in [0, 0.1) is 17.3 Å². The maximum atomic E-state index is 13.7. The molecule has 0 saturated carbocycles. The van der Waals surface area contributed by atoms with Crippen molar-refractivity contribution < 1.29 is 51.4 Å². The summed E-state index contributed by atoms with van der Waals surface area (Å²) < 4.78 is 48.9. The molecule has 0 bridgehead atoms. The van der Waals surface area contributed by atoms with E-state index in [0.29, 0.717) is 13.0 Å². The number of ketones is 1. The summed E-state index contributed by atoms with van der Waals surface area (Å²) in [5, 5.41) is 9.15. The van der Waals surface area contributed by atoms with Crippen molar-refractivity contribution in [3.05, 3.63) is 0 Å². The predicted molar refractivity (Wildman–Crippen MR) is 161 cm³/mol. The van der Waals surface area contributed by atoms with Gasteiger partial charge in [0.1, 0.15) is 24.7 Å². The average molecular weight is 666 g/mol. The molecule has 13 nitrogen and oxygen atoms in total. The Morgan fingerprint density at radius 2 is 1.63 bits per heavy atom. The highest BCUT2D eigenvalue weighted by atomic mass is 19.4. The molecule has 0 aromatic rings. The van der Waals surface area contributed by atoms with Crippen molar-refractivity contribution >= 4 is 35.5 Å². The number of nitrogens with zero attached hydrogens (tertiary/aromatic N) is 1. The zero-order valence-corrected chi connectivity index (χ0v) is 28.0. The minimum absolute atomic E-state index is 0.0964. The van der Waals surface area contributed by atoms with E-state index in [9.17, 15) is 41.9 Å². The van der Waals surface area contributed by atoms with Crippen LogP contribution in [-0.4, -0.2) is 104 Å². The summed E-state index contributed by atoms with van der Waals surface area (Å²) in [4.78, 5) is 77.1. The Hall–Kier alpha value is -3.43. The topological polar surface area (TPSA) is 172 Å². The number of alkyl halides is 3. The second-order valence-corrected chi connectivity index (χ2v) is 13.3. The van der Waals surface area contributed by atoms with Gasteiger partial charge in [-0.15, -0.1) is 0 Å². The number of hydrogen-bond donors (Lipinski definition) is 4. The highest BCUT2D eigenvalue weighted by Gasteiger charge is 2.45. The number of urea groups is 1. The molecule has 2 aliphatic rings. The molecular weight excluding hydrogens is 615 g/mol. The van der Waals surface area contributed by atoms with E-state index in [4.69, 9.17) is 9.47 Å². The first-order chi connectivity index (χ1) is 21.2. The number of halogens is 3. The number of likely N-dealkylation sites (tertiary alicyclic amines) is 1. The van der Waals surface area contributed by atoms with Gasteiger partial charge in [-0.3, -0.25) is 24.0 Å². The number of ether oxygens (including phenoxy) is 2. The minimum atomic E-state index is -4.64. The summed E-state index contributed by atoms with van der Waals surface area (Å²) in [5.41, 5.74) is -0.868. The van der Waals surface area contributed by atoms with Gasteiger partial charge in [0.25, 0.3) is 5.91 Å². The molecule has 5 atom stereocenters. The molecule has 264 valence electrons. The van der Waals surface area contributed by atoms with Crippen molar-refractivity contribution in [3.8, 4) is 0 Å². The van der Waals surface area contributed by atoms with Gasteiger partial charge in [-0.05, 0) is 30.1 Å². The predicted octanol–water partition coefficient (Wildman–Crippen LogP) is 2.07. The van der Waals surface area contributed by atoms with Gasteiger partial charge in [-0.2, -0.15) is 13.2 Å². The van der Waals surface area contributed by atoms with Gasteiger partial charge >= 0.3 is 18.2 Å². The zero-order chi connectivity index (χ0) is 35.4. The number of nitrogens with one attached hydrogen (secondary N) is 4. The molecule has 4 N–H and O–H groups in total. The zero-order valence-electron chi connectivity index (χ0n) is 28.0. The summed E-state index contributed by atoms with van der Waals surface area (Å²) >= 11 is 0. The normalized spacial score (nSPS) is 21.0. The number of Topliss-reactive ketones (excluding diaryl/α,β-unsaturated/α-hetero) is 1. The average Bonchev–Trinajstić information content (AvgIpc) is 3.59. The van der Waals surface area contributed by atoms with Crippen LogP contribution < -0.4 is 21.3 Å². The lowest BCUT2D eigenvalue weighted by Crippen LogP contribution is -2.60. The lowest BCUT2D eigenvalue weighted by molar-refractivity contribution is -0.147. The summed E-state index contributed by atoms with van der Waals surface area (Å²) in [6, 6.07) is -4.94. The fraction of sp³-hybridized carbons (Fsp3) is 0.800. The molecule has 0 spiro atoms. The molecule has 2 aliphatic heterocycles. The van der Waals surface area contributed by atoms with E-state index >= 15 is 0 Å². The van der Waals surface area contributed by atoms with Crippen molar-refractivity contribution in [1.82, 2.24) is 26.2 Å². The third-order valence-electron chi connectivity index (χ3n) is 6.86. The number of hydrogen-bond acceptors (Lipinski definition) is 8. The molecule has 0 aliphatic carbocycles. The number of carbonyl (C=O) groups excluding carboxylic acids is 6. The van der Waals surface area contributed by atoms with Crippen molar-refractivity contribution in [2.24, 2.45) is 17.3 Å². The maximum absolute atomic E-state index is 13.7. The van der Waals surface area contributed by atoms with Crippen LogP contribution in [0.2, 0.25) is 0 Å². The van der Waals surface area contributed by atoms with Gasteiger partial charge in [-0.1, -0.05) is 48.5 Å². The van der Waals surface area contributed by atoms with Crippen LogP contribution in [0.5, 0.6) is 0 Å². The second-order valence-electron chi connectivity index (χ2n) is 13.3. The summed E-state index contributed by atoms with van der Waals surface area (Å²) in [6.45, 7) is 13.7. The van der Waals surface area contributed by atoms with Crippen LogP contribution in [0.15, 0.2) is 0 Å². The summed E-state index contributed by atoms with van der Waals surface area (Å²) in [5.74, 6) is -4.00. The monoisotopic (exact) mass is 665 g/mol. The highest BCUT2D eigenvalue weighted by molar-refractivity contribution is 6.38. The van der Waals surface area contributed by atoms with Gasteiger partial charge in [0, 0.05) is 26.4 Å². The quantitative estimate of drug-likeness (QED) is 0.192. The SMILES string of the molecule is CC(C)C.CNC(=O)C(=O)C(CCC(F)(F)F)NC(=O)C1C[C@@H](C)CN1C(=O)C(NC(=O)NCC(=O)OC1CCOC1)C(C)(C)C. The lowest BCUT2D eigenvalue weighted by Gasteiger charge is -2.35. The Bertz CT molecular complexity index is 1070. The number of carbonyl (C=O) groups is 6. The first-order valence-electron chi connectivity index (χ1n) is 15.4. The number of amides is 5. The van der Waals surface area contributed by atoms with Gasteiger partial charge in [-0.25, -0.2) is 4.79 Å². The van der Waals surface area contributed by atoms with Crippen molar-refractivity contribution in [2.75, 3.05) is 33.4 Å². The molecule has 0 aromatic carbocycles. The van der Waals surface area contributed by atoms with Crippen LogP contribution in [0.3, 0.4) is 0 Å². The maximum Gasteiger partial charge on any atom is 0.389 e. The van der Waals surface area contributed by atoms with Crippen molar-refractivity contribution in [1.29, 1.82) is 0 Å². The van der Waals surface area contributed by atoms with Gasteiger partial charge < -0.3 is 35.6 Å². The molecular formula is C30H50F3N5O8. The molecule has 4 unspecified atom stereocenters. The van der Waals surface area contributed by atoms with Crippen molar-refractivity contribution in [2.45, 2.75) is 105 Å². The van der Waals surface area contributed by atoms with Crippen LogP contribution in [0.25, 0.3) is 0 Å². The number of rotatable bonds is 11. The smallest absolute Gasteiger partial charge is 0.389 e. The molecule has 0 aromatic heterocycles. The lowest BCUT2D eigenvalue weighted by atomic mass is 9.85. The van der Waals surface area contributed by atoms with E-state index in [1.165, 1.54) is 4.90 Å². The Kier molecular flexibility index (Phi) is 15.9. The first-order valence-corrected chi connectivity index (χ1v) is 15.4. The fourth-order valence-corrected chi connectivity index (χ4v) is 4.65. The van der Waals surface area contributed by atoms with Crippen LogP contribution in [0.1, 0.15) is 74.1 Å². The molecule has 2 rings (SSSR count). The van der Waals surface area contributed by atoms with E-state index in [1.54, 1.807) is 27.7 Å². The molecule has 2 heterocycles. The van der Waals surface area contributed by atoms with Crippen LogP contribution in [-0.2, 0) is 33.4 Å². The molecule has 16 heteroatoms. The Balaban J connectivity index is 0.00000249. The molecule has 0 radical (unpaired) electrons. The first kappa shape index (κ1) is 40.6. The van der Waals surface area contributed by atoms with E-state index in [0.717, 1.165) is 13.0 Å². The highest BCUT2D eigenvalue weighted by Crippen LogP contribution is 2.29. The number of esters is 1. The van der Waals surface area contributed by atoms with Gasteiger partial charge in [0.15, 0.2) is 0 Å². The van der Waals surface area contributed by atoms with Crippen LogP contribution in [0.4, 0.5) is 18.0 Å². The van der Waals surface area contributed by atoms with Crippen molar-refractivity contribution in [3.63, 3.8) is 0 Å². The van der Waals surface area contributed by atoms with E-state index < -0.39 is 90.7 Å². The molecule has 46 heavy (non-hydrogen) atoms. The van der Waals surface area contributed by atoms with Gasteiger partial charge in [0.2, 0.25) is 17.6 Å². The van der Waals surface area contributed by atoms with E-state index in [-0.39, 0.29) is 25.5 Å². The fourth-order valence-electron chi connectivity index (χ4n) is 4.65. The molecule has 2 fully saturated rings. The standard InChI is InChI=1S/C26H40F3N5O8.C4H10/c1-14-10-17(21(37)32-16(6-8-26(27,28)29)19(36)22(38)30-5)34(12-14)23(39)20(25(2,3)4)33-24(40)31-11-18(35)42-15-7-9-41-13-15;1-4(2)3/h14-17,20H,6-13H2,1-5H3,(H,30,38)(H,32,37)(H2,31,33,40);4H,1-3H3/t14-,15?,16?,17?,20?;/m1./s1. The van der Waals surface area contributed by atoms with E-state index in [2.05, 4.69) is 36.7 Å². The minimum Gasteiger partial charge on any atom is -0.459 e. The summed E-state index contributed by atoms with van der Waals surface area (Å²) in [6.07, 6.45) is -6.63. The summed E-state index contributed by atoms with van der Waals surface area (Å²) in [7, 11) is 1.13. The van der Waals surface area contributed by atoms with Crippen LogP contribution >= 0.6 is 0 Å². The Morgan fingerprint density at radius 3 is 2.13 bits per heavy atom. The van der Waals surface area contributed by atoms with Gasteiger partial charge in [0.05, 0.1) is 19.3 Å². The second kappa shape index (κ2) is 18.0. The third kappa shape index (κ3) is 14.3. The number of likely N-dealkylation sites (N-methyl/N-ethyl adjacent to an activating group) is 1. The Labute approximate surface area is 268 Å². The third-order valence-corrected chi connectivity index (χ3v) is 6.86. The van der Waals surface area contributed by atoms with E-state index in [1.807, 2.05) is 5.32 Å². The molecule has 5 amide bonds.